The number of benzene rings is 1. The molecule has 0 fully saturated rings. The Balaban J connectivity index is 2.39. The summed E-state index contributed by atoms with van der Waals surface area (Å²) in [4.78, 5) is 0. The number of nitrogens with two attached hydrogens (primary N) is 1. The summed E-state index contributed by atoms with van der Waals surface area (Å²) in [7, 11) is 3.25. The Bertz CT molecular complexity index is 555. The molecule has 2 aromatic rings. The first-order valence-electron chi connectivity index (χ1n) is 5.88. The third-order valence-corrected chi connectivity index (χ3v) is 2.87. The second-order valence-electron chi connectivity index (χ2n) is 4.18. The van der Waals surface area contributed by atoms with Gasteiger partial charge in [-0.15, -0.1) is 5.10 Å². The highest BCUT2D eigenvalue weighted by atomic mass is 16.5. The van der Waals surface area contributed by atoms with E-state index in [0.717, 1.165) is 5.56 Å². The van der Waals surface area contributed by atoms with Gasteiger partial charge in [0, 0.05) is 18.4 Å². The van der Waals surface area contributed by atoms with Crippen molar-refractivity contribution in [1.29, 1.82) is 0 Å². The largest absolute Gasteiger partial charge is 0.497 e. The highest BCUT2D eigenvalue weighted by Gasteiger charge is 2.14. The topological polar surface area (TPSA) is 88.1 Å². The van der Waals surface area contributed by atoms with Crippen molar-refractivity contribution in [2.75, 3.05) is 20.0 Å². The van der Waals surface area contributed by atoms with E-state index in [9.17, 15) is 0 Å². The molecule has 1 unspecified atom stereocenters. The van der Waals surface area contributed by atoms with Crippen LogP contribution in [0.15, 0.2) is 18.2 Å². The Morgan fingerprint density at radius 2 is 2.16 bits per heavy atom. The summed E-state index contributed by atoms with van der Waals surface area (Å²) in [6.45, 7) is 2.50. The van der Waals surface area contributed by atoms with E-state index in [1.165, 1.54) is 0 Å². The molecule has 0 bridgehead atoms. The number of nitrogens with zero attached hydrogens (tertiary/aromatic N) is 4. The average Bonchev–Trinajstić information content (AvgIpc) is 2.87. The van der Waals surface area contributed by atoms with Crippen LogP contribution in [0, 0.1) is 0 Å². The molecule has 0 saturated carbocycles. The molecule has 0 radical (unpaired) electrons. The lowest BCUT2D eigenvalue weighted by molar-refractivity contribution is 0.0997. The summed E-state index contributed by atoms with van der Waals surface area (Å²) in [5.41, 5.74) is 7.31. The maximum atomic E-state index is 5.97. The van der Waals surface area contributed by atoms with Gasteiger partial charge in [-0.3, -0.25) is 0 Å². The minimum Gasteiger partial charge on any atom is -0.497 e. The van der Waals surface area contributed by atoms with Crippen LogP contribution in [0.1, 0.15) is 6.92 Å². The van der Waals surface area contributed by atoms with E-state index in [1.807, 2.05) is 13.0 Å². The molecule has 7 nitrogen and oxygen atoms in total. The van der Waals surface area contributed by atoms with Crippen LogP contribution in [0.25, 0.3) is 11.4 Å². The van der Waals surface area contributed by atoms with Crippen molar-refractivity contribution in [3.05, 3.63) is 18.2 Å². The van der Waals surface area contributed by atoms with Gasteiger partial charge >= 0.3 is 0 Å². The Kier molecular flexibility index (Phi) is 3.96. The summed E-state index contributed by atoms with van der Waals surface area (Å²) < 4.78 is 12.1. The van der Waals surface area contributed by atoms with Crippen LogP contribution in [0.2, 0.25) is 0 Å². The van der Waals surface area contributed by atoms with Crippen LogP contribution in [-0.4, -0.2) is 40.5 Å². The van der Waals surface area contributed by atoms with Crippen LogP contribution in [0.4, 0.5) is 5.69 Å². The zero-order valence-electron chi connectivity index (χ0n) is 11.2. The van der Waals surface area contributed by atoms with Crippen molar-refractivity contribution in [2.24, 2.45) is 0 Å². The zero-order chi connectivity index (χ0) is 13.8. The molecule has 2 rings (SSSR count). The molecule has 0 aliphatic heterocycles. The maximum absolute atomic E-state index is 5.97. The van der Waals surface area contributed by atoms with Gasteiger partial charge in [0.05, 0.1) is 19.8 Å². The summed E-state index contributed by atoms with van der Waals surface area (Å²) in [5.74, 6) is 1.30. The number of nitrogen functional groups attached to an aromatic ring is 1. The number of anilines is 1. The van der Waals surface area contributed by atoms with Crippen molar-refractivity contribution in [2.45, 2.75) is 19.6 Å². The minimum atomic E-state index is 0.00841. The summed E-state index contributed by atoms with van der Waals surface area (Å²) in [6, 6.07) is 5.38. The lowest BCUT2D eigenvalue weighted by Gasteiger charge is -2.12. The fraction of sp³-hybridized carbons (Fsp3) is 0.417. The van der Waals surface area contributed by atoms with Crippen LogP contribution in [-0.2, 0) is 11.3 Å². The van der Waals surface area contributed by atoms with E-state index in [0.29, 0.717) is 23.8 Å². The maximum Gasteiger partial charge on any atom is 0.184 e. The van der Waals surface area contributed by atoms with E-state index in [1.54, 1.807) is 31.0 Å². The van der Waals surface area contributed by atoms with Crippen molar-refractivity contribution >= 4 is 5.69 Å². The van der Waals surface area contributed by atoms with Crippen LogP contribution < -0.4 is 10.5 Å². The van der Waals surface area contributed by atoms with Gasteiger partial charge in [0.1, 0.15) is 5.75 Å². The molecule has 19 heavy (non-hydrogen) atoms. The van der Waals surface area contributed by atoms with Gasteiger partial charge in [-0.05, 0) is 35.5 Å². The third kappa shape index (κ3) is 2.82. The molecular weight excluding hydrogens is 246 g/mol. The highest BCUT2D eigenvalue weighted by Crippen LogP contribution is 2.28. The monoisotopic (exact) mass is 263 g/mol. The Labute approximate surface area is 111 Å². The van der Waals surface area contributed by atoms with Gasteiger partial charge in [-0.2, -0.15) is 0 Å². The van der Waals surface area contributed by atoms with Gasteiger partial charge in [-0.25, -0.2) is 4.68 Å². The quantitative estimate of drug-likeness (QED) is 0.808. The van der Waals surface area contributed by atoms with Gasteiger partial charge in [-0.1, -0.05) is 0 Å². The number of methoxy groups -OCH3 is 2. The molecule has 0 spiro atoms. The number of hydrogen-bond donors (Lipinski definition) is 1. The standard InChI is InChI=1S/C12H17N5O2/c1-8(18-2)7-17-12(14-15-16-17)10-6-9(19-3)4-5-11(10)13/h4-6,8H,7,13H2,1-3H3. The molecule has 0 saturated heterocycles. The van der Waals surface area contributed by atoms with Gasteiger partial charge in [0.25, 0.3) is 0 Å². The Hall–Kier alpha value is -2.15. The molecule has 0 amide bonds. The Morgan fingerprint density at radius 3 is 2.84 bits per heavy atom. The number of tetrazole rings is 1. The number of rotatable bonds is 5. The fourth-order valence-corrected chi connectivity index (χ4v) is 1.69. The molecule has 0 aliphatic rings. The zero-order valence-corrected chi connectivity index (χ0v) is 11.2. The molecule has 0 aliphatic carbocycles. The lowest BCUT2D eigenvalue weighted by Crippen LogP contribution is -2.17. The second kappa shape index (κ2) is 5.66. The second-order valence-corrected chi connectivity index (χ2v) is 4.18. The number of hydrogen-bond acceptors (Lipinski definition) is 6. The minimum absolute atomic E-state index is 0.00841. The van der Waals surface area contributed by atoms with Gasteiger partial charge < -0.3 is 15.2 Å². The lowest BCUT2D eigenvalue weighted by atomic mass is 10.1. The fourth-order valence-electron chi connectivity index (χ4n) is 1.69. The van der Waals surface area contributed by atoms with Crippen molar-refractivity contribution in [3.8, 4) is 17.1 Å². The average molecular weight is 263 g/mol. The normalized spacial score (nSPS) is 12.4. The predicted molar refractivity (Wildman–Crippen MR) is 70.7 cm³/mol. The van der Waals surface area contributed by atoms with Crippen molar-refractivity contribution < 1.29 is 9.47 Å². The van der Waals surface area contributed by atoms with E-state index in [2.05, 4.69) is 15.5 Å². The summed E-state index contributed by atoms with van der Waals surface area (Å²) in [5, 5.41) is 11.7. The summed E-state index contributed by atoms with van der Waals surface area (Å²) in [6.07, 6.45) is 0.00841. The molecule has 1 atom stereocenters. The highest BCUT2D eigenvalue weighted by molar-refractivity contribution is 5.73. The Morgan fingerprint density at radius 1 is 1.37 bits per heavy atom. The first-order valence-corrected chi connectivity index (χ1v) is 5.88. The van der Waals surface area contributed by atoms with Crippen LogP contribution in [0.5, 0.6) is 5.75 Å². The van der Waals surface area contributed by atoms with Gasteiger partial charge in [0.15, 0.2) is 5.82 Å². The molecule has 2 N–H and O–H groups in total. The molecule has 1 aromatic heterocycles. The number of ether oxygens (including phenoxy) is 2. The van der Waals surface area contributed by atoms with Crippen molar-refractivity contribution in [1.82, 2.24) is 20.2 Å². The van der Waals surface area contributed by atoms with E-state index in [-0.39, 0.29) is 6.10 Å². The molecule has 102 valence electrons. The molecular formula is C12H17N5O2. The molecule has 7 heteroatoms. The van der Waals surface area contributed by atoms with Gasteiger partial charge in [0.2, 0.25) is 0 Å². The van der Waals surface area contributed by atoms with E-state index >= 15 is 0 Å². The first-order chi connectivity index (χ1) is 9.15. The van der Waals surface area contributed by atoms with E-state index in [4.69, 9.17) is 15.2 Å². The molecule has 1 aromatic carbocycles. The van der Waals surface area contributed by atoms with Crippen LogP contribution in [0.3, 0.4) is 0 Å². The molecule has 1 heterocycles. The third-order valence-electron chi connectivity index (χ3n) is 2.87. The number of aromatic nitrogens is 4. The van der Waals surface area contributed by atoms with Crippen molar-refractivity contribution in [3.63, 3.8) is 0 Å². The van der Waals surface area contributed by atoms with E-state index < -0.39 is 0 Å². The summed E-state index contributed by atoms with van der Waals surface area (Å²) >= 11 is 0. The predicted octanol–water partition coefficient (Wildman–Crippen LogP) is 0.966. The SMILES string of the molecule is COc1ccc(N)c(-c2nnnn2CC(C)OC)c1. The smallest absolute Gasteiger partial charge is 0.184 e. The first kappa shape index (κ1) is 13.3. The van der Waals surface area contributed by atoms with Crippen LogP contribution >= 0.6 is 0 Å².